The van der Waals surface area contributed by atoms with Gasteiger partial charge in [-0.25, -0.2) is 4.98 Å². The van der Waals surface area contributed by atoms with Crippen LogP contribution in [-0.2, 0) is 6.54 Å². The first-order valence-electron chi connectivity index (χ1n) is 8.89. The maximum Gasteiger partial charge on any atom is 0.267 e. The molecule has 0 unspecified atom stereocenters. The van der Waals surface area contributed by atoms with Crippen LogP contribution in [0.15, 0.2) is 34.3 Å². The van der Waals surface area contributed by atoms with Gasteiger partial charge in [0.15, 0.2) is 16.7 Å². The Hall–Kier alpha value is -2.48. The molecule has 3 heterocycles. The Morgan fingerprint density at radius 2 is 2.04 bits per heavy atom. The van der Waals surface area contributed by atoms with E-state index >= 15 is 0 Å². The van der Waals surface area contributed by atoms with Crippen LogP contribution >= 0.6 is 11.8 Å². The smallest absolute Gasteiger partial charge is 0.267 e. The van der Waals surface area contributed by atoms with E-state index in [-0.39, 0.29) is 23.1 Å². The summed E-state index contributed by atoms with van der Waals surface area (Å²) in [6.45, 7) is 1.22. The van der Waals surface area contributed by atoms with Crippen molar-refractivity contribution in [3.05, 3.63) is 45.9 Å². The number of carbonyl (C=O) groups excluding carboxylic acids is 1. The lowest BCUT2D eigenvalue weighted by Crippen LogP contribution is -2.36. The lowest BCUT2D eigenvalue weighted by atomic mass is 10.0. The van der Waals surface area contributed by atoms with Crippen LogP contribution in [0.5, 0.6) is 11.5 Å². The number of likely N-dealkylation sites (tertiary alicyclic amines) is 1. The number of thioether (sulfide) groups is 1. The number of rotatable bonds is 4. The number of hydrogen-bond acceptors (Lipinski definition) is 6. The zero-order valence-electron chi connectivity index (χ0n) is 15.3. The van der Waals surface area contributed by atoms with Crippen molar-refractivity contribution in [2.75, 3.05) is 26.5 Å². The van der Waals surface area contributed by atoms with Crippen molar-refractivity contribution in [2.45, 2.75) is 30.6 Å². The number of aromatic nitrogens is 2. The summed E-state index contributed by atoms with van der Waals surface area (Å²) in [7, 11) is 3.18. The lowest BCUT2D eigenvalue weighted by Gasteiger charge is -2.25. The molecular formula is C19H21N3O4S. The topological polar surface area (TPSA) is 73.7 Å². The molecule has 7 nitrogen and oxygen atoms in total. The van der Waals surface area contributed by atoms with Crippen molar-refractivity contribution < 1.29 is 14.3 Å². The van der Waals surface area contributed by atoms with Gasteiger partial charge in [-0.05, 0) is 30.5 Å². The first kappa shape index (κ1) is 17.9. The van der Waals surface area contributed by atoms with Crippen molar-refractivity contribution >= 4 is 17.7 Å². The van der Waals surface area contributed by atoms with Crippen LogP contribution in [0.4, 0.5) is 0 Å². The average molecular weight is 387 g/mol. The zero-order valence-corrected chi connectivity index (χ0v) is 16.1. The normalized spacial score (nSPS) is 18.4. The number of amides is 1. The fourth-order valence-corrected chi connectivity index (χ4v) is 4.65. The third-order valence-electron chi connectivity index (χ3n) is 5.09. The molecule has 2 aliphatic heterocycles. The number of methoxy groups -OCH3 is 2. The predicted molar refractivity (Wildman–Crippen MR) is 102 cm³/mol. The number of hydrogen-bond donors (Lipinski definition) is 0. The molecule has 27 heavy (non-hydrogen) atoms. The summed E-state index contributed by atoms with van der Waals surface area (Å²) in [5.74, 6) is 1.84. The number of nitrogens with zero attached hydrogens (tertiary/aromatic N) is 3. The highest BCUT2D eigenvalue weighted by atomic mass is 32.2. The quantitative estimate of drug-likeness (QED) is 0.750. The van der Waals surface area contributed by atoms with E-state index in [0.29, 0.717) is 29.7 Å². The van der Waals surface area contributed by atoms with Crippen molar-refractivity contribution in [1.82, 2.24) is 14.5 Å². The van der Waals surface area contributed by atoms with E-state index in [9.17, 15) is 9.59 Å². The Kier molecular flexibility index (Phi) is 4.82. The summed E-state index contributed by atoms with van der Waals surface area (Å²) >= 11 is 1.54. The second-order valence-corrected chi connectivity index (χ2v) is 7.59. The molecule has 0 aliphatic carbocycles. The lowest BCUT2D eigenvalue weighted by molar-refractivity contribution is 0.0732. The van der Waals surface area contributed by atoms with E-state index in [4.69, 9.17) is 9.47 Å². The van der Waals surface area contributed by atoms with Crippen molar-refractivity contribution in [3.63, 3.8) is 0 Å². The highest BCUT2D eigenvalue weighted by Gasteiger charge is 2.33. The van der Waals surface area contributed by atoms with Gasteiger partial charge in [-0.2, -0.15) is 0 Å². The molecular weight excluding hydrogens is 366 g/mol. The number of carbonyl (C=O) groups is 1. The molecule has 1 atom stereocenters. The molecule has 0 saturated carbocycles. The van der Waals surface area contributed by atoms with Crippen molar-refractivity contribution in [3.8, 4) is 11.5 Å². The SMILES string of the molecule is COc1ccc([C@H]2CCCN2C(=O)c2cnc3n(c2=O)CCS3)cc1OC. The maximum atomic E-state index is 13.1. The van der Waals surface area contributed by atoms with Gasteiger partial charge in [0.25, 0.3) is 11.5 Å². The van der Waals surface area contributed by atoms with E-state index in [1.54, 1.807) is 35.4 Å². The van der Waals surface area contributed by atoms with E-state index in [2.05, 4.69) is 4.98 Å². The first-order chi connectivity index (χ1) is 13.1. The first-order valence-corrected chi connectivity index (χ1v) is 9.88. The number of fused-ring (bicyclic) bond motifs is 1. The monoisotopic (exact) mass is 387 g/mol. The van der Waals surface area contributed by atoms with E-state index in [1.807, 2.05) is 18.2 Å². The zero-order chi connectivity index (χ0) is 19.0. The van der Waals surface area contributed by atoms with Gasteiger partial charge >= 0.3 is 0 Å². The summed E-state index contributed by atoms with van der Waals surface area (Å²) < 4.78 is 12.3. The van der Waals surface area contributed by atoms with E-state index < -0.39 is 0 Å². The van der Waals surface area contributed by atoms with E-state index in [1.165, 1.54) is 6.20 Å². The molecule has 2 aliphatic rings. The molecule has 8 heteroatoms. The van der Waals surface area contributed by atoms with Crippen molar-refractivity contribution in [2.24, 2.45) is 0 Å². The van der Waals surface area contributed by atoms with Crippen LogP contribution in [-0.4, -0.2) is 46.9 Å². The molecule has 1 fully saturated rings. The molecule has 1 saturated heterocycles. The van der Waals surface area contributed by atoms with Gasteiger partial charge in [-0.15, -0.1) is 0 Å². The average Bonchev–Trinajstić information content (AvgIpc) is 3.37. The fourth-order valence-electron chi connectivity index (χ4n) is 3.74. The Labute approximate surface area is 161 Å². The second-order valence-electron chi connectivity index (χ2n) is 6.53. The second kappa shape index (κ2) is 7.26. The Morgan fingerprint density at radius 1 is 1.22 bits per heavy atom. The maximum absolute atomic E-state index is 13.1. The van der Waals surface area contributed by atoms with Gasteiger partial charge in [0.05, 0.1) is 20.3 Å². The Balaban J connectivity index is 1.66. The van der Waals surface area contributed by atoms with Crippen molar-refractivity contribution in [1.29, 1.82) is 0 Å². The molecule has 1 amide bonds. The third kappa shape index (κ3) is 3.07. The molecule has 1 aromatic heterocycles. The molecule has 0 spiro atoms. The summed E-state index contributed by atoms with van der Waals surface area (Å²) in [6, 6.07) is 5.60. The fraction of sp³-hybridized carbons (Fsp3) is 0.421. The minimum absolute atomic E-state index is 0.0932. The standard InChI is InChI=1S/C19H21N3O4S/c1-25-15-6-5-12(10-16(15)26-2)14-4-3-7-21(14)17(23)13-11-20-19-22(18(13)24)8-9-27-19/h5-6,10-11,14H,3-4,7-9H2,1-2H3/t14-/m1/s1. The largest absolute Gasteiger partial charge is 0.493 e. The van der Waals surface area contributed by atoms with Gasteiger partial charge in [0, 0.05) is 25.0 Å². The minimum Gasteiger partial charge on any atom is -0.493 e. The minimum atomic E-state index is -0.253. The predicted octanol–water partition coefficient (Wildman–Crippen LogP) is 2.34. The van der Waals surface area contributed by atoms with E-state index in [0.717, 1.165) is 24.2 Å². The molecule has 0 radical (unpaired) electrons. The number of benzene rings is 1. The molecule has 0 bridgehead atoms. The summed E-state index contributed by atoms with van der Waals surface area (Å²) in [5.41, 5.74) is 0.880. The molecule has 2 aromatic rings. The van der Waals surface area contributed by atoms with Gasteiger partial charge < -0.3 is 14.4 Å². The highest BCUT2D eigenvalue weighted by Crippen LogP contribution is 2.37. The number of ether oxygens (including phenoxy) is 2. The van der Waals surface area contributed by atoms with Crippen LogP contribution in [0.3, 0.4) is 0 Å². The van der Waals surface area contributed by atoms with Crippen LogP contribution in [0.2, 0.25) is 0 Å². The van der Waals surface area contributed by atoms with Gasteiger partial charge in [-0.3, -0.25) is 14.2 Å². The molecule has 1 aromatic carbocycles. The van der Waals surface area contributed by atoms with Crippen LogP contribution in [0.25, 0.3) is 0 Å². The Bertz CT molecular complexity index is 943. The van der Waals surface area contributed by atoms with Crippen LogP contribution in [0, 0.1) is 0 Å². The van der Waals surface area contributed by atoms with Gasteiger partial charge in [0.1, 0.15) is 5.56 Å². The molecule has 4 rings (SSSR count). The third-order valence-corrected chi connectivity index (χ3v) is 6.06. The molecule has 0 N–H and O–H groups in total. The highest BCUT2D eigenvalue weighted by molar-refractivity contribution is 7.99. The van der Waals surface area contributed by atoms with Gasteiger partial charge in [-0.1, -0.05) is 17.8 Å². The summed E-state index contributed by atoms with van der Waals surface area (Å²) in [4.78, 5) is 31.9. The molecule has 142 valence electrons. The van der Waals surface area contributed by atoms with Gasteiger partial charge in [0.2, 0.25) is 0 Å². The van der Waals surface area contributed by atoms with Crippen LogP contribution in [0.1, 0.15) is 34.8 Å². The Morgan fingerprint density at radius 3 is 2.81 bits per heavy atom. The summed E-state index contributed by atoms with van der Waals surface area (Å²) in [5, 5.41) is 0.689. The van der Waals surface area contributed by atoms with Crippen LogP contribution < -0.4 is 15.0 Å². The summed E-state index contributed by atoms with van der Waals surface area (Å²) in [6.07, 6.45) is 3.16.